The van der Waals surface area contributed by atoms with Crippen LogP contribution in [0.5, 0.6) is 0 Å². The highest BCUT2D eigenvalue weighted by Crippen LogP contribution is 2.27. The minimum absolute atomic E-state index is 0.145. The van der Waals surface area contributed by atoms with Crippen LogP contribution in [0, 0.1) is 0 Å². The van der Waals surface area contributed by atoms with Crippen molar-refractivity contribution in [3.8, 4) is 0 Å². The fourth-order valence-electron chi connectivity index (χ4n) is 2.71. The van der Waals surface area contributed by atoms with E-state index in [1.54, 1.807) is 0 Å². The molecule has 1 aliphatic heterocycles. The Morgan fingerprint density at radius 3 is 2.58 bits per heavy atom. The van der Waals surface area contributed by atoms with Crippen LogP contribution >= 0.6 is 0 Å². The van der Waals surface area contributed by atoms with Gasteiger partial charge in [-0.15, -0.1) is 0 Å². The molecule has 0 amide bonds. The predicted molar refractivity (Wildman–Crippen MR) is 83.5 cm³/mol. The van der Waals surface area contributed by atoms with Crippen LogP contribution in [-0.2, 0) is 0 Å². The van der Waals surface area contributed by atoms with Crippen LogP contribution in [-0.4, -0.2) is 55.0 Å². The molecule has 0 fully saturated rings. The van der Waals surface area contributed by atoms with Gasteiger partial charge in [0.15, 0.2) is 5.96 Å². The maximum atomic E-state index is 6.05. The van der Waals surface area contributed by atoms with Gasteiger partial charge in [0.05, 0.1) is 12.1 Å². The summed E-state index contributed by atoms with van der Waals surface area (Å²) in [5, 5.41) is 0. The standard InChI is InChI=1S/C15H32N4/c1-5-6-7-8-9-10-15(2)13-17-14(16)19(15)12-11-18(3)4/h5-13H2,1-4H3,(H2,16,17). The number of likely N-dealkylation sites (N-methyl/N-ethyl adjacent to an activating group) is 1. The van der Waals surface area contributed by atoms with E-state index in [1.165, 1.54) is 38.5 Å². The van der Waals surface area contributed by atoms with Gasteiger partial charge in [0.25, 0.3) is 0 Å². The second-order valence-electron chi connectivity index (χ2n) is 6.29. The van der Waals surface area contributed by atoms with E-state index < -0.39 is 0 Å². The highest BCUT2D eigenvalue weighted by Gasteiger charge is 2.36. The Labute approximate surface area is 119 Å². The topological polar surface area (TPSA) is 44.9 Å². The van der Waals surface area contributed by atoms with Gasteiger partial charge in [-0.2, -0.15) is 0 Å². The fourth-order valence-corrected chi connectivity index (χ4v) is 2.71. The Morgan fingerprint density at radius 1 is 1.26 bits per heavy atom. The lowest BCUT2D eigenvalue weighted by Gasteiger charge is -2.37. The number of rotatable bonds is 9. The second-order valence-corrected chi connectivity index (χ2v) is 6.29. The first-order chi connectivity index (χ1) is 8.99. The number of nitrogens with zero attached hydrogens (tertiary/aromatic N) is 3. The molecule has 2 N–H and O–H groups in total. The molecule has 0 spiro atoms. The lowest BCUT2D eigenvalue weighted by atomic mass is 9.93. The number of unbranched alkanes of at least 4 members (excludes halogenated alkanes) is 4. The van der Waals surface area contributed by atoms with Gasteiger partial charge in [-0.1, -0.05) is 39.0 Å². The molecule has 1 aliphatic rings. The second kappa shape index (κ2) is 7.73. The molecule has 1 heterocycles. The molecule has 4 nitrogen and oxygen atoms in total. The molecule has 19 heavy (non-hydrogen) atoms. The normalized spacial score (nSPS) is 23.2. The fraction of sp³-hybridized carbons (Fsp3) is 0.933. The van der Waals surface area contributed by atoms with Crippen molar-refractivity contribution < 1.29 is 0 Å². The van der Waals surface area contributed by atoms with Crippen LogP contribution in [0.25, 0.3) is 0 Å². The van der Waals surface area contributed by atoms with E-state index in [2.05, 4.69) is 42.7 Å². The maximum absolute atomic E-state index is 6.05. The summed E-state index contributed by atoms with van der Waals surface area (Å²) in [6, 6.07) is 0. The van der Waals surface area contributed by atoms with Gasteiger partial charge in [0.2, 0.25) is 0 Å². The van der Waals surface area contributed by atoms with Gasteiger partial charge in [0.1, 0.15) is 0 Å². The van der Waals surface area contributed by atoms with E-state index in [0.717, 1.165) is 25.6 Å². The van der Waals surface area contributed by atoms with Crippen molar-refractivity contribution in [2.45, 2.75) is 57.9 Å². The van der Waals surface area contributed by atoms with Gasteiger partial charge in [0, 0.05) is 13.1 Å². The molecule has 0 bridgehead atoms. The summed E-state index contributed by atoms with van der Waals surface area (Å²) >= 11 is 0. The van der Waals surface area contributed by atoms with Crippen molar-refractivity contribution in [1.82, 2.24) is 9.80 Å². The van der Waals surface area contributed by atoms with Crippen LogP contribution < -0.4 is 5.73 Å². The predicted octanol–water partition coefficient (Wildman–Crippen LogP) is 2.30. The van der Waals surface area contributed by atoms with Crippen LogP contribution in [0.1, 0.15) is 52.4 Å². The zero-order chi connectivity index (χ0) is 14.3. The van der Waals surface area contributed by atoms with Crippen LogP contribution in [0.15, 0.2) is 4.99 Å². The summed E-state index contributed by atoms with van der Waals surface area (Å²) in [6.07, 6.45) is 7.86. The molecule has 0 radical (unpaired) electrons. The first-order valence-electron chi connectivity index (χ1n) is 7.72. The minimum atomic E-state index is 0.145. The first kappa shape index (κ1) is 16.3. The van der Waals surface area contributed by atoms with Gasteiger partial charge < -0.3 is 15.5 Å². The van der Waals surface area contributed by atoms with Gasteiger partial charge in [-0.05, 0) is 27.4 Å². The number of nitrogens with two attached hydrogens (primary N) is 1. The van der Waals surface area contributed by atoms with Crippen molar-refractivity contribution in [2.75, 3.05) is 33.7 Å². The van der Waals surface area contributed by atoms with E-state index in [0.29, 0.717) is 0 Å². The molecule has 1 atom stereocenters. The molecule has 0 aliphatic carbocycles. The molecule has 112 valence electrons. The average molecular weight is 268 g/mol. The third-order valence-corrected chi connectivity index (χ3v) is 4.10. The van der Waals surface area contributed by atoms with Crippen molar-refractivity contribution in [3.63, 3.8) is 0 Å². The zero-order valence-corrected chi connectivity index (χ0v) is 13.3. The summed E-state index contributed by atoms with van der Waals surface area (Å²) in [6.45, 7) is 7.44. The Balaban J connectivity index is 2.39. The van der Waals surface area contributed by atoms with E-state index >= 15 is 0 Å². The summed E-state index contributed by atoms with van der Waals surface area (Å²) < 4.78 is 0. The first-order valence-corrected chi connectivity index (χ1v) is 7.72. The molecule has 0 aromatic heterocycles. The van der Waals surface area contributed by atoms with Crippen molar-refractivity contribution >= 4 is 5.96 Å². The quantitative estimate of drug-likeness (QED) is 0.653. The molecular weight excluding hydrogens is 236 g/mol. The van der Waals surface area contributed by atoms with Gasteiger partial charge in [-0.3, -0.25) is 4.99 Å². The lowest BCUT2D eigenvalue weighted by molar-refractivity contribution is 0.187. The highest BCUT2D eigenvalue weighted by molar-refractivity contribution is 5.80. The molecular formula is C15H32N4. The lowest BCUT2D eigenvalue weighted by Crippen LogP contribution is -2.51. The third-order valence-electron chi connectivity index (χ3n) is 4.10. The highest BCUT2D eigenvalue weighted by atomic mass is 15.4. The number of aliphatic imine (C=N–C) groups is 1. The number of guanidine groups is 1. The average Bonchev–Trinajstić information content (AvgIpc) is 2.63. The van der Waals surface area contributed by atoms with Crippen LogP contribution in [0.2, 0.25) is 0 Å². The monoisotopic (exact) mass is 268 g/mol. The molecule has 0 aromatic rings. The molecule has 0 saturated carbocycles. The van der Waals surface area contributed by atoms with E-state index in [1.807, 2.05) is 0 Å². The zero-order valence-electron chi connectivity index (χ0n) is 13.3. The van der Waals surface area contributed by atoms with E-state index in [9.17, 15) is 0 Å². The summed E-state index contributed by atoms with van der Waals surface area (Å²) in [5.74, 6) is 0.734. The third kappa shape index (κ3) is 5.01. The maximum Gasteiger partial charge on any atom is 0.191 e. The van der Waals surface area contributed by atoms with Crippen LogP contribution in [0.4, 0.5) is 0 Å². The molecule has 0 saturated heterocycles. The van der Waals surface area contributed by atoms with Crippen LogP contribution in [0.3, 0.4) is 0 Å². The van der Waals surface area contributed by atoms with Crippen molar-refractivity contribution in [1.29, 1.82) is 0 Å². The summed E-state index contributed by atoms with van der Waals surface area (Å²) in [5.41, 5.74) is 6.20. The SMILES string of the molecule is CCCCCCCC1(C)CN=C(N)N1CCN(C)C. The number of hydrogen-bond acceptors (Lipinski definition) is 4. The summed E-state index contributed by atoms with van der Waals surface area (Å²) in [7, 11) is 4.21. The smallest absolute Gasteiger partial charge is 0.191 e. The van der Waals surface area contributed by atoms with Crippen molar-refractivity contribution in [3.05, 3.63) is 0 Å². The molecule has 0 aromatic carbocycles. The van der Waals surface area contributed by atoms with E-state index in [-0.39, 0.29) is 5.54 Å². The Hall–Kier alpha value is -0.770. The van der Waals surface area contributed by atoms with Gasteiger partial charge in [-0.25, -0.2) is 0 Å². The van der Waals surface area contributed by atoms with E-state index in [4.69, 9.17) is 5.73 Å². The minimum Gasteiger partial charge on any atom is -0.370 e. The molecule has 1 unspecified atom stereocenters. The van der Waals surface area contributed by atoms with Crippen molar-refractivity contribution in [2.24, 2.45) is 10.7 Å². The Morgan fingerprint density at radius 2 is 1.95 bits per heavy atom. The Kier molecular flexibility index (Phi) is 6.63. The largest absolute Gasteiger partial charge is 0.370 e. The number of hydrogen-bond donors (Lipinski definition) is 1. The summed E-state index contributed by atoms with van der Waals surface area (Å²) in [4.78, 5) is 8.98. The Bertz CT molecular complexity index is 288. The van der Waals surface area contributed by atoms with Gasteiger partial charge >= 0.3 is 0 Å². The molecule has 4 heteroatoms. The molecule has 1 rings (SSSR count).